The van der Waals surface area contributed by atoms with E-state index in [1.54, 1.807) is 49.4 Å². The number of methoxy groups -OCH3 is 1. The predicted octanol–water partition coefficient (Wildman–Crippen LogP) is 3.03. The van der Waals surface area contributed by atoms with Gasteiger partial charge in [0.25, 0.3) is 11.8 Å². The molecule has 2 amide bonds. The van der Waals surface area contributed by atoms with Gasteiger partial charge in [0.2, 0.25) is 0 Å². The van der Waals surface area contributed by atoms with Crippen molar-refractivity contribution in [1.82, 2.24) is 10.2 Å². The topological polar surface area (TPSA) is 79.9 Å². The van der Waals surface area contributed by atoms with Gasteiger partial charge in [-0.2, -0.15) is 0 Å². The normalized spacial score (nSPS) is 22.5. The first-order valence-corrected chi connectivity index (χ1v) is 10.5. The monoisotopic (exact) mass is 425 g/mol. The number of nitrogens with zero attached hydrogens (tertiary/aromatic N) is 1. The summed E-state index contributed by atoms with van der Waals surface area (Å²) in [6, 6.07) is 14.2. The Bertz CT molecular complexity index is 903. The van der Waals surface area contributed by atoms with E-state index in [1.807, 2.05) is 25.1 Å². The van der Waals surface area contributed by atoms with Crippen LogP contribution in [0.15, 0.2) is 48.5 Å². The van der Waals surface area contributed by atoms with Crippen molar-refractivity contribution >= 4 is 17.5 Å². The maximum atomic E-state index is 13.3. The molecule has 0 saturated carbocycles. The molecular weight excluding hydrogens is 394 g/mol. The van der Waals surface area contributed by atoms with E-state index in [0.29, 0.717) is 35.7 Å². The number of likely N-dealkylation sites (N-methyl/N-ethyl adjacent to an activating group) is 1. The number of carbonyl (C=O) groups excluding carboxylic acids is 2. The number of nitrogens with one attached hydrogen (secondary N) is 2. The molecule has 166 valence electrons. The number of benzene rings is 2. The van der Waals surface area contributed by atoms with Crippen LogP contribution in [0.25, 0.3) is 0 Å². The maximum Gasteiger partial charge on any atom is 0.257 e. The van der Waals surface area contributed by atoms with Crippen molar-refractivity contribution in [2.45, 2.75) is 26.0 Å². The Kier molecular flexibility index (Phi) is 7.65. The summed E-state index contributed by atoms with van der Waals surface area (Å²) >= 11 is 0. The summed E-state index contributed by atoms with van der Waals surface area (Å²) in [5, 5.41) is 6.33. The molecule has 0 fully saturated rings. The van der Waals surface area contributed by atoms with Crippen molar-refractivity contribution in [1.29, 1.82) is 0 Å². The second-order valence-corrected chi connectivity index (χ2v) is 8.09. The predicted molar refractivity (Wildman–Crippen MR) is 121 cm³/mol. The quantitative estimate of drug-likeness (QED) is 0.790. The fourth-order valence-electron chi connectivity index (χ4n) is 3.53. The fourth-order valence-corrected chi connectivity index (χ4v) is 3.53. The Labute approximate surface area is 183 Å². The number of hydrogen-bond acceptors (Lipinski definition) is 5. The van der Waals surface area contributed by atoms with Crippen LogP contribution in [0.1, 0.15) is 34.6 Å². The first-order chi connectivity index (χ1) is 14.9. The van der Waals surface area contributed by atoms with Gasteiger partial charge in [0.1, 0.15) is 12.4 Å². The molecule has 7 heteroatoms. The number of carbonyl (C=O) groups is 2. The highest BCUT2D eigenvalue weighted by Gasteiger charge is 2.25. The lowest BCUT2D eigenvalue weighted by Gasteiger charge is -2.30. The van der Waals surface area contributed by atoms with Gasteiger partial charge in [0.15, 0.2) is 0 Å². The molecule has 0 bridgehead atoms. The molecule has 31 heavy (non-hydrogen) atoms. The van der Waals surface area contributed by atoms with Crippen LogP contribution in [0.2, 0.25) is 0 Å². The molecule has 2 N–H and O–H groups in total. The Hall–Kier alpha value is -2.90. The van der Waals surface area contributed by atoms with Crippen molar-refractivity contribution in [3.63, 3.8) is 0 Å². The second-order valence-electron chi connectivity index (χ2n) is 8.09. The summed E-state index contributed by atoms with van der Waals surface area (Å²) in [5.41, 5.74) is 1.49. The lowest BCUT2D eigenvalue weighted by molar-refractivity contribution is 0.0281. The minimum Gasteiger partial charge on any atom is -0.491 e. The first-order valence-electron chi connectivity index (χ1n) is 10.5. The van der Waals surface area contributed by atoms with Gasteiger partial charge in [-0.05, 0) is 43.2 Å². The van der Waals surface area contributed by atoms with Crippen LogP contribution in [0.4, 0.5) is 5.69 Å². The van der Waals surface area contributed by atoms with Gasteiger partial charge < -0.3 is 25.0 Å². The molecule has 1 heterocycles. The molecule has 0 unspecified atom stereocenters. The lowest BCUT2D eigenvalue weighted by atomic mass is 10.0. The molecule has 1 aliphatic heterocycles. The van der Waals surface area contributed by atoms with Gasteiger partial charge in [0.05, 0.1) is 11.7 Å². The Morgan fingerprint density at radius 2 is 1.94 bits per heavy atom. The van der Waals surface area contributed by atoms with Gasteiger partial charge in [0, 0.05) is 44.5 Å². The molecule has 0 radical (unpaired) electrons. The maximum absolute atomic E-state index is 13.3. The highest BCUT2D eigenvalue weighted by Crippen LogP contribution is 2.26. The van der Waals surface area contributed by atoms with Crippen LogP contribution in [0.5, 0.6) is 5.75 Å². The van der Waals surface area contributed by atoms with Crippen molar-refractivity contribution in [3.05, 3.63) is 59.7 Å². The van der Waals surface area contributed by atoms with E-state index in [-0.39, 0.29) is 29.9 Å². The number of anilines is 1. The third kappa shape index (κ3) is 5.83. The number of ether oxygens (including phenoxy) is 2. The van der Waals surface area contributed by atoms with Gasteiger partial charge in [-0.3, -0.25) is 9.59 Å². The summed E-state index contributed by atoms with van der Waals surface area (Å²) in [7, 11) is 3.42. The molecule has 0 saturated heterocycles. The van der Waals surface area contributed by atoms with Crippen LogP contribution in [0, 0.1) is 5.92 Å². The van der Waals surface area contributed by atoms with Crippen LogP contribution >= 0.6 is 0 Å². The Balaban J connectivity index is 1.88. The third-order valence-electron chi connectivity index (χ3n) is 5.52. The SMILES string of the molecule is CO[C@H]1CN(C)C(=O)c2cc(NC(=O)c3ccccc3)ccc2OC[C@H](C)NC[C@@H]1C. The van der Waals surface area contributed by atoms with E-state index < -0.39 is 0 Å². The minimum absolute atomic E-state index is 0.0987. The molecule has 7 nitrogen and oxygen atoms in total. The fraction of sp³-hybridized carbons (Fsp3) is 0.417. The van der Waals surface area contributed by atoms with E-state index in [9.17, 15) is 9.59 Å². The lowest BCUT2D eigenvalue weighted by Crippen LogP contribution is -2.44. The highest BCUT2D eigenvalue weighted by atomic mass is 16.5. The first kappa shape index (κ1) is 22.8. The van der Waals surface area contributed by atoms with Crippen molar-refractivity contribution < 1.29 is 19.1 Å². The highest BCUT2D eigenvalue weighted by molar-refractivity contribution is 6.05. The van der Waals surface area contributed by atoms with Crippen LogP contribution in [0.3, 0.4) is 0 Å². The summed E-state index contributed by atoms with van der Waals surface area (Å²) in [6.07, 6.45) is -0.0987. The molecule has 2 aromatic rings. The van der Waals surface area contributed by atoms with E-state index in [2.05, 4.69) is 17.6 Å². The van der Waals surface area contributed by atoms with Crippen molar-refractivity contribution in [2.24, 2.45) is 5.92 Å². The molecule has 2 aromatic carbocycles. The zero-order chi connectivity index (χ0) is 22.4. The van der Waals surface area contributed by atoms with Crippen molar-refractivity contribution in [3.8, 4) is 5.75 Å². The largest absolute Gasteiger partial charge is 0.491 e. The van der Waals surface area contributed by atoms with E-state index in [0.717, 1.165) is 6.54 Å². The number of amides is 2. The van der Waals surface area contributed by atoms with Gasteiger partial charge in [-0.15, -0.1) is 0 Å². The average Bonchev–Trinajstić information content (AvgIpc) is 2.79. The third-order valence-corrected chi connectivity index (χ3v) is 5.52. The van der Waals surface area contributed by atoms with E-state index in [4.69, 9.17) is 9.47 Å². The standard InChI is InChI=1S/C24H31N3O4/c1-16-13-25-17(2)15-31-21-11-10-19(26-23(28)18-8-6-5-7-9-18)12-20(21)24(29)27(3)14-22(16)30-4/h5-12,16-17,22,25H,13-15H2,1-4H3,(H,26,28)/t16-,17-,22-/m0/s1. The van der Waals surface area contributed by atoms with E-state index >= 15 is 0 Å². The van der Waals surface area contributed by atoms with Crippen molar-refractivity contribution in [2.75, 3.05) is 39.2 Å². The molecule has 0 spiro atoms. The Morgan fingerprint density at radius 3 is 2.65 bits per heavy atom. The summed E-state index contributed by atoms with van der Waals surface area (Å²) in [6.45, 7) is 5.78. The molecule has 0 aromatic heterocycles. The molecule has 3 rings (SSSR count). The zero-order valence-electron chi connectivity index (χ0n) is 18.6. The number of rotatable bonds is 3. The summed E-state index contributed by atoms with van der Waals surface area (Å²) < 4.78 is 11.6. The second kappa shape index (κ2) is 10.4. The minimum atomic E-state index is -0.235. The smallest absolute Gasteiger partial charge is 0.257 e. The molecule has 3 atom stereocenters. The van der Waals surface area contributed by atoms with Crippen LogP contribution < -0.4 is 15.4 Å². The number of fused-ring (bicyclic) bond motifs is 1. The Morgan fingerprint density at radius 1 is 1.19 bits per heavy atom. The number of hydrogen-bond donors (Lipinski definition) is 2. The molecular formula is C24H31N3O4. The van der Waals surface area contributed by atoms with Gasteiger partial charge in [-0.1, -0.05) is 25.1 Å². The molecule has 0 aliphatic carbocycles. The summed E-state index contributed by atoms with van der Waals surface area (Å²) in [5.74, 6) is 0.298. The van der Waals surface area contributed by atoms with Crippen LogP contribution in [-0.2, 0) is 4.74 Å². The van der Waals surface area contributed by atoms with Gasteiger partial charge >= 0.3 is 0 Å². The summed E-state index contributed by atoms with van der Waals surface area (Å²) in [4.78, 5) is 27.4. The molecule has 1 aliphatic rings. The van der Waals surface area contributed by atoms with E-state index in [1.165, 1.54) is 0 Å². The van der Waals surface area contributed by atoms with Gasteiger partial charge in [-0.25, -0.2) is 0 Å². The average molecular weight is 426 g/mol. The zero-order valence-corrected chi connectivity index (χ0v) is 18.6. The van der Waals surface area contributed by atoms with Crippen LogP contribution in [-0.4, -0.2) is 62.7 Å².